The van der Waals surface area contributed by atoms with Crippen LogP contribution in [0, 0.1) is 6.92 Å². The number of nitrogens with one attached hydrogen (secondary N) is 1. The first kappa shape index (κ1) is 9.51. The number of alkyl halides is 3. The Kier molecular flexibility index (Phi) is 2.02. The molecule has 0 saturated heterocycles. The fourth-order valence-corrected chi connectivity index (χ4v) is 1.70. The Balaban J connectivity index is 2.33. The van der Waals surface area contributed by atoms with Gasteiger partial charge < -0.3 is 9.88 Å². The van der Waals surface area contributed by atoms with Crippen LogP contribution in [0.1, 0.15) is 17.2 Å². The molecule has 2 heterocycles. The van der Waals surface area contributed by atoms with E-state index in [1.807, 2.05) is 0 Å². The zero-order valence-electron chi connectivity index (χ0n) is 7.65. The van der Waals surface area contributed by atoms with Gasteiger partial charge in [0.05, 0.1) is 11.4 Å². The molecule has 0 amide bonds. The second-order valence-corrected chi connectivity index (χ2v) is 3.36. The Morgan fingerprint density at radius 2 is 2.14 bits per heavy atom. The molecule has 2 rings (SSSR count). The summed E-state index contributed by atoms with van der Waals surface area (Å²) in [5.41, 5.74) is 1.41. The Morgan fingerprint density at radius 3 is 2.79 bits per heavy atom. The number of imidazole rings is 1. The minimum absolute atomic E-state index is 0.439. The second kappa shape index (κ2) is 2.98. The number of halogens is 3. The molecule has 6 heteroatoms. The molecular formula is C8H10F3N3. The average molecular weight is 205 g/mol. The van der Waals surface area contributed by atoms with Crippen LogP contribution in [0.3, 0.4) is 0 Å². The molecule has 0 fully saturated rings. The van der Waals surface area contributed by atoms with E-state index in [4.69, 9.17) is 0 Å². The van der Waals surface area contributed by atoms with Crippen molar-refractivity contribution in [3.05, 3.63) is 17.2 Å². The second-order valence-electron chi connectivity index (χ2n) is 3.36. The van der Waals surface area contributed by atoms with Crippen molar-refractivity contribution in [3.8, 4) is 0 Å². The molecule has 0 aromatic carbocycles. The average Bonchev–Trinajstić information content (AvgIpc) is 2.54. The Morgan fingerprint density at radius 1 is 1.43 bits per heavy atom. The largest absolute Gasteiger partial charge is 0.406 e. The van der Waals surface area contributed by atoms with Crippen LogP contribution < -0.4 is 5.32 Å². The van der Waals surface area contributed by atoms with Gasteiger partial charge in [-0.1, -0.05) is 0 Å². The number of nitrogens with zero attached hydrogens (tertiary/aromatic N) is 2. The van der Waals surface area contributed by atoms with Crippen molar-refractivity contribution in [2.24, 2.45) is 0 Å². The third kappa shape index (κ3) is 1.61. The van der Waals surface area contributed by atoms with Crippen molar-refractivity contribution in [2.45, 2.75) is 32.7 Å². The van der Waals surface area contributed by atoms with Gasteiger partial charge in [-0.25, -0.2) is 4.98 Å². The molecule has 0 aliphatic carbocycles. The van der Waals surface area contributed by atoms with Gasteiger partial charge in [0.25, 0.3) is 0 Å². The van der Waals surface area contributed by atoms with Crippen molar-refractivity contribution < 1.29 is 13.2 Å². The molecule has 78 valence electrons. The van der Waals surface area contributed by atoms with E-state index >= 15 is 0 Å². The van der Waals surface area contributed by atoms with Crippen LogP contribution in [-0.4, -0.2) is 15.7 Å². The monoisotopic (exact) mass is 205 g/mol. The Hall–Kier alpha value is -1.04. The maximum absolute atomic E-state index is 12.2. The minimum Gasteiger partial charge on any atom is -0.322 e. The highest BCUT2D eigenvalue weighted by atomic mass is 19.4. The summed E-state index contributed by atoms with van der Waals surface area (Å²) in [5, 5.41) is 2.97. The maximum Gasteiger partial charge on any atom is 0.406 e. The molecule has 0 unspecified atom stereocenters. The lowest BCUT2D eigenvalue weighted by Gasteiger charge is -2.11. The fourth-order valence-electron chi connectivity index (χ4n) is 1.70. The Bertz CT molecular complexity index is 353. The van der Waals surface area contributed by atoms with Gasteiger partial charge in [-0.15, -0.1) is 0 Å². The first-order valence-electron chi connectivity index (χ1n) is 4.30. The van der Waals surface area contributed by atoms with Crippen LogP contribution >= 0.6 is 0 Å². The summed E-state index contributed by atoms with van der Waals surface area (Å²) in [5.74, 6) is 0.439. The molecule has 1 aromatic rings. The van der Waals surface area contributed by atoms with E-state index < -0.39 is 12.7 Å². The minimum atomic E-state index is -4.18. The summed E-state index contributed by atoms with van der Waals surface area (Å²) in [4.78, 5) is 4.08. The molecule has 0 spiro atoms. The van der Waals surface area contributed by atoms with Gasteiger partial charge in [-0.2, -0.15) is 13.2 Å². The van der Waals surface area contributed by atoms with Gasteiger partial charge in [0, 0.05) is 13.1 Å². The van der Waals surface area contributed by atoms with Crippen molar-refractivity contribution in [2.75, 3.05) is 0 Å². The van der Waals surface area contributed by atoms with Gasteiger partial charge in [-0.3, -0.25) is 0 Å². The van der Waals surface area contributed by atoms with E-state index in [0.29, 0.717) is 24.6 Å². The van der Waals surface area contributed by atoms with Crippen molar-refractivity contribution in [1.82, 2.24) is 14.9 Å². The number of hydrogen-bond acceptors (Lipinski definition) is 2. The molecule has 1 aromatic heterocycles. The molecule has 1 aliphatic rings. The molecule has 3 nitrogen and oxygen atoms in total. The summed E-state index contributed by atoms with van der Waals surface area (Å²) in [6.07, 6.45) is -4.18. The molecule has 0 saturated carbocycles. The third-order valence-corrected chi connectivity index (χ3v) is 2.27. The van der Waals surface area contributed by atoms with Gasteiger partial charge in [0.15, 0.2) is 0 Å². The van der Waals surface area contributed by atoms with Crippen LogP contribution in [0.4, 0.5) is 13.2 Å². The molecule has 0 radical (unpaired) electrons. The quantitative estimate of drug-likeness (QED) is 0.750. The topological polar surface area (TPSA) is 29.9 Å². The summed E-state index contributed by atoms with van der Waals surface area (Å²) in [6.45, 7) is 1.71. The fraction of sp³-hybridized carbons (Fsp3) is 0.625. The first-order valence-corrected chi connectivity index (χ1v) is 4.30. The molecule has 14 heavy (non-hydrogen) atoms. The van der Waals surface area contributed by atoms with E-state index in [1.54, 1.807) is 6.92 Å². The highest BCUT2D eigenvalue weighted by Gasteiger charge is 2.31. The maximum atomic E-state index is 12.2. The number of aromatic nitrogens is 2. The van der Waals surface area contributed by atoms with E-state index in [9.17, 15) is 13.2 Å². The van der Waals surface area contributed by atoms with Gasteiger partial charge in [0.1, 0.15) is 12.4 Å². The molecule has 0 bridgehead atoms. The number of rotatable bonds is 1. The van der Waals surface area contributed by atoms with Gasteiger partial charge >= 0.3 is 6.18 Å². The van der Waals surface area contributed by atoms with Gasteiger partial charge in [-0.05, 0) is 6.92 Å². The van der Waals surface area contributed by atoms with Crippen LogP contribution in [0.5, 0.6) is 0 Å². The van der Waals surface area contributed by atoms with E-state index in [-0.39, 0.29) is 0 Å². The molecular weight excluding hydrogens is 195 g/mol. The number of fused-ring (bicyclic) bond motifs is 1. The lowest BCUT2D eigenvalue weighted by atomic mass is 10.4. The first-order chi connectivity index (χ1) is 6.47. The summed E-state index contributed by atoms with van der Waals surface area (Å²) >= 11 is 0. The van der Waals surface area contributed by atoms with Crippen molar-refractivity contribution >= 4 is 0 Å². The van der Waals surface area contributed by atoms with Gasteiger partial charge in [0.2, 0.25) is 0 Å². The van der Waals surface area contributed by atoms with Crippen LogP contribution in [-0.2, 0) is 19.6 Å². The smallest absolute Gasteiger partial charge is 0.322 e. The Labute approximate surface area is 78.9 Å². The standard InChI is InChI=1S/C8H10F3N3/c1-5-13-6-2-12-3-7(6)14(5)4-8(9,10)11/h12H,2-4H2,1H3. The van der Waals surface area contributed by atoms with E-state index in [1.165, 1.54) is 4.57 Å². The SMILES string of the molecule is Cc1nc2c(n1CC(F)(F)F)CNC2. The zero-order chi connectivity index (χ0) is 10.3. The normalized spacial score (nSPS) is 16.0. The zero-order valence-corrected chi connectivity index (χ0v) is 7.65. The molecule has 0 atom stereocenters. The molecule has 1 aliphatic heterocycles. The van der Waals surface area contributed by atoms with Crippen molar-refractivity contribution in [3.63, 3.8) is 0 Å². The molecule has 1 N–H and O–H groups in total. The summed E-state index contributed by atoms with van der Waals surface area (Å²) < 4.78 is 37.8. The third-order valence-electron chi connectivity index (χ3n) is 2.27. The number of hydrogen-bond donors (Lipinski definition) is 1. The predicted octanol–water partition coefficient (Wildman–Crippen LogP) is 1.36. The predicted molar refractivity (Wildman–Crippen MR) is 43.6 cm³/mol. The lowest BCUT2D eigenvalue weighted by molar-refractivity contribution is -0.141. The number of aryl methyl sites for hydroxylation is 1. The summed E-state index contributed by atoms with van der Waals surface area (Å²) in [6, 6.07) is 0. The summed E-state index contributed by atoms with van der Waals surface area (Å²) in [7, 11) is 0. The van der Waals surface area contributed by atoms with Crippen LogP contribution in [0.15, 0.2) is 0 Å². The lowest BCUT2D eigenvalue weighted by Crippen LogP contribution is -2.21. The highest BCUT2D eigenvalue weighted by molar-refractivity contribution is 5.20. The van der Waals surface area contributed by atoms with Crippen LogP contribution in [0.25, 0.3) is 0 Å². The van der Waals surface area contributed by atoms with E-state index in [2.05, 4.69) is 10.3 Å². The highest BCUT2D eigenvalue weighted by Crippen LogP contribution is 2.23. The van der Waals surface area contributed by atoms with E-state index in [0.717, 1.165) is 5.69 Å². The van der Waals surface area contributed by atoms with Crippen LogP contribution in [0.2, 0.25) is 0 Å². The van der Waals surface area contributed by atoms with Crippen molar-refractivity contribution in [1.29, 1.82) is 0 Å².